The largest absolute Gasteiger partial charge is 0.486 e. The number of ether oxygens (including phenoxy) is 3. The molecule has 0 saturated heterocycles. The van der Waals surface area contributed by atoms with Crippen LogP contribution in [0.15, 0.2) is 42.6 Å². The molecule has 0 radical (unpaired) electrons. The molecule has 0 saturated carbocycles. The van der Waals surface area contributed by atoms with Gasteiger partial charge in [-0.05, 0) is 31.2 Å². The van der Waals surface area contributed by atoms with Gasteiger partial charge in [0.25, 0.3) is 0 Å². The van der Waals surface area contributed by atoms with Gasteiger partial charge in [-0.2, -0.15) is 0 Å². The van der Waals surface area contributed by atoms with Crippen molar-refractivity contribution in [2.75, 3.05) is 31.7 Å². The molecule has 1 aromatic heterocycles. The lowest BCUT2D eigenvalue weighted by Crippen LogP contribution is -2.39. The van der Waals surface area contributed by atoms with Crippen molar-refractivity contribution < 1.29 is 19.0 Å². The number of hydrogen-bond donors (Lipinski definition) is 0. The predicted molar refractivity (Wildman–Crippen MR) is 89.8 cm³/mol. The van der Waals surface area contributed by atoms with Gasteiger partial charge >= 0.3 is 5.97 Å². The highest BCUT2D eigenvalue weighted by Gasteiger charge is 2.22. The molecule has 6 nitrogen and oxygen atoms in total. The van der Waals surface area contributed by atoms with E-state index >= 15 is 0 Å². The van der Waals surface area contributed by atoms with Crippen LogP contribution in [-0.4, -0.2) is 43.9 Å². The third kappa shape index (κ3) is 3.59. The zero-order valence-corrected chi connectivity index (χ0v) is 13.8. The highest BCUT2D eigenvalue weighted by Crippen LogP contribution is 2.31. The second-order valence-corrected chi connectivity index (χ2v) is 5.50. The van der Waals surface area contributed by atoms with Crippen LogP contribution in [0.25, 0.3) is 0 Å². The van der Waals surface area contributed by atoms with Crippen LogP contribution in [0.2, 0.25) is 0 Å². The molecule has 1 atom stereocenters. The molecule has 0 spiro atoms. The van der Waals surface area contributed by atoms with Gasteiger partial charge in [0.05, 0.1) is 18.7 Å². The maximum Gasteiger partial charge on any atom is 0.339 e. The maximum absolute atomic E-state index is 11.6. The second-order valence-electron chi connectivity index (χ2n) is 5.50. The average molecular weight is 328 g/mol. The van der Waals surface area contributed by atoms with Gasteiger partial charge in [0, 0.05) is 13.2 Å². The summed E-state index contributed by atoms with van der Waals surface area (Å²) in [5.74, 6) is 1.92. The Kier molecular flexibility index (Phi) is 4.84. The summed E-state index contributed by atoms with van der Waals surface area (Å²) >= 11 is 0. The van der Waals surface area contributed by atoms with Crippen molar-refractivity contribution in [3.8, 4) is 11.5 Å². The normalized spacial score (nSPS) is 15.7. The van der Waals surface area contributed by atoms with Crippen LogP contribution in [0.5, 0.6) is 11.5 Å². The van der Waals surface area contributed by atoms with E-state index in [4.69, 9.17) is 14.2 Å². The summed E-state index contributed by atoms with van der Waals surface area (Å²) in [7, 11) is 1.93. The van der Waals surface area contributed by atoms with E-state index in [1.807, 2.05) is 36.2 Å². The van der Waals surface area contributed by atoms with Crippen molar-refractivity contribution in [1.82, 2.24) is 4.98 Å². The summed E-state index contributed by atoms with van der Waals surface area (Å²) in [6, 6.07) is 11.1. The molecule has 24 heavy (non-hydrogen) atoms. The molecule has 0 N–H and O–H groups in total. The molecule has 0 amide bonds. The smallest absolute Gasteiger partial charge is 0.339 e. The molecule has 3 rings (SSSR count). The third-order valence-corrected chi connectivity index (χ3v) is 3.70. The number of rotatable bonds is 5. The first-order valence-corrected chi connectivity index (χ1v) is 7.90. The number of aromatic nitrogens is 1. The van der Waals surface area contributed by atoms with Crippen LogP contribution < -0.4 is 14.4 Å². The summed E-state index contributed by atoms with van der Waals surface area (Å²) in [5.41, 5.74) is 0.445. The molecule has 0 fully saturated rings. The Morgan fingerprint density at radius 2 is 2.08 bits per heavy atom. The first-order valence-electron chi connectivity index (χ1n) is 7.90. The minimum Gasteiger partial charge on any atom is -0.486 e. The highest BCUT2D eigenvalue weighted by molar-refractivity contribution is 5.89. The molecular weight excluding hydrogens is 308 g/mol. The van der Waals surface area contributed by atoms with E-state index in [9.17, 15) is 4.79 Å². The van der Waals surface area contributed by atoms with Crippen LogP contribution in [0.1, 0.15) is 17.3 Å². The predicted octanol–water partition coefficient (Wildman–Crippen LogP) is 2.53. The van der Waals surface area contributed by atoms with Gasteiger partial charge in [-0.15, -0.1) is 0 Å². The Morgan fingerprint density at radius 3 is 2.79 bits per heavy atom. The molecule has 6 heteroatoms. The van der Waals surface area contributed by atoms with Gasteiger partial charge in [-0.1, -0.05) is 12.1 Å². The van der Waals surface area contributed by atoms with Crippen molar-refractivity contribution in [3.05, 3.63) is 48.2 Å². The lowest BCUT2D eigenvalue weighted by molar-refractivity contribution is 0.0526. The molecule has 2 heterocycles. The fraction of sp³-hybridized carbons (Fsp3) is 0.333. The summed E-state index contributed by atoms with van der Waals surface area (Å²) in [5, 5.41) is 0. The fourth-order valence-corrected chi connectivity index (χ4v) is 2.50. The lowest BCUT2D eigenvalue weighted by atomic mass is 10.2. The van der Waals surface area contributed by atoms with Crippen LogP contribution >= 0.6 is 0 Å². The number of pyridine rings is 1. The van der Waals surface area contributed by atoms with Crippen molar-refractivity contribution >= 4 is 11.8 Å². The number of nitrogens with zero attached hydrogens (tertiary/aromatic N) is 2. The Balaban J connectivity index is 1.61. The minimum atomic E-state index is -0.361. The Hall–Kier alpha value is -2.76. The molecule has 2 aromatic rings. The quantitative estimate of drug-likeness (QED) is 0.786. The van der Waals surface area contributed by atoms with Gasteiger partial charge in [-0.25, -0.2) is 9.78 Å². The minimum absolute atomic E-state index is 0.0866. The number of benzene rings is 1. The number of likely N-dealkylation sites (N-methyl/N-ethyl adjacent to an activating group) is 1. The zero-order valence-electron chi connectivity index (χ0n) is 13.8. The van der Waals surface area contributed by atoms with Gasteiger partial charge < -0.3 is 19.1 Å². The Morgan fingerprint density at radius 1 is 1.29 bits per heavy atom. The van der Waals surface area contributed by atoms with Crippen molar-refractivity contribution in [2.24, 2.45) is 0 Å². The molecule has 1 aliphatic heterocycles. The maximum atomic E-state index is 11.6. The number of carbonyl (C=O) groups is 1. The molecular formula is C18H20N2O4. The van der Waals surface area contributed by atoms with E-state index in [1.165, 1.54) is 6.20 Å². The van der Waals surface area contributed by atoms with E-state index in [2.05, 4.69) is 4.98 Å². The van der Waals surface area contributed by atoms with Crippen molar-refractivity contribution in [3.63, 3.8) is 0 Å². The second kappa shape index (κ2) is 7.21. The average Bonchev–Trinajstić information content (AvgIpc) is 2.62. The molecule has 0 unspecified atom stereocenters. The Labute approximate surface area is 141 Å². The van der Waals surface area contributed by atoms with E-state index in [0.717, 1.165) is 17.3 Å². The standard InChI is InChI=1S/C18H20N2O4/c1-3-22-18(21)13-8-9-17(19-10-13)20(2)11-14-12-23-15-6-4-5-7-16(15)24-14/h4-10,14H,3,11-12H2,1-2H3/t14-/m0/s1. The van der Waals surface area contributed by atoms with Gasteiger partial charge in [-0.3, -0.25) is 0 Å². The summed E-state index contributed by atoms with van der Waals surface area (Å²) in [6.07, 6.45) is 1.44. The van der Waals surface area contributed by atoms with E-state index in [1.54, 1.807) is 19.1 Å². The number of esters is 1. The van der Waals surface area contributed by atoms with Crippen molar-refractivity contribution in [2.45, 2.75) is 13.0 Å². The van der Waals surface area contributed by atoms with Gasteiger partial charge in [0.15, 0.2) is 17.6 Å². The van der Waals surface area contributed by atoms with E-state index < -0.39 is 0 Å². The third-order valence-electron chi connectivity index (χ3n) is 3.70. The van der Waals surface area contributed by atoms with Gasteiger partial charge in [0.2, 0.25) is 0 Å². The lowest BCUT2D eigenvalue weighted by Gasteiger charge is -2.30. The van der Waals surface area contributed by atoms with Crippen LogP contribution in [-0.2, 0) is 4.74 Å². The number of hydrogen-bond acceptors (Lipinski definition) is 6. The topological polar surface area (TPSA) is 60.9 Å². The first-order chi connectivity index (χ1) is 11.7. The molecule has 126 valence electrons. The molecule has 0 bridgehead atoms. The summed E-state index contributed by atoms with van der Waals surface area (Å²) in [6.45, 7) is 3.24. The van der Waals surface area contributed by atoms with Crippen LogP contribution in [0.3, 0.4) is 0 Å². The molecule has 1 aromatic carbocycles. The number of fused-ring (bicyclic) bond motifs is 1. The van der Waals surface area contributed by atoms with Crippen LogP contribution in [0, 0.1) is 0 Å². The first kappa shape index (κ1) is 16.1. The SMILES string of the molecule is CCOC(=O)c1ccc(N(C)C[C@H]2COc3ccccc3O2)nc1. The summed E-state index contributed by atoms with van der Waals surface area (Å²) < 4.78 is 16.6. The monoisotopic (exact) mass is 328 g/mol. The van der Waals surface area contributed by atoms with Crippen molar-refractivity contribution in [1.29, 1.82) is 0 Å². The van der Waals surface area contributed by atoms with E-state index in [-0.39, 0.29) is 12.1 Å². The number of carbonyl (C=O) groups excluding carboxylic acids is 1. The number of anilines is 1. The zero-order chi connectivity index (χ0) is 16.9. The Bertz CT molecular complexity index is 702. The molecule has 0 aliphatic carbocycles. The van der Waals surface area contributed by atoms with E-state index in [0.29, 0.717) is 25.3 Å². The highest BCUT2D eigenvalue weighted by atomic mass is 16.6. The summed E-state index contributed by atoms with van der Waals surface area (Å²) in [4.78, 5) is 17.9. The molecule has 1 aliphatic rings. The fourth-order valence-electron chi connectivity index (χ4n) is 2.50. The van der Waals surface area contributed by atoms with Gasteiger partial charge in [0.1, 0.15) is 12.4 Å². The van der Waals surface area contributed by atoms with Crippen LogP contribution in [0.4, 0.5) is 5.82 Å². The number of para-hydroxylation sites is 2.